The summed E-state index contributed by atoms with van der Waals surface area (Å²) in [4.78, 5) is 28.9. The van der Waals surface area contributed by atoms with Crippen LogP contribution in [0.3, 0.4) is 0 Å². The molecule has 1 aliphatic rings. The molecular weight excluding hydrogens is 316 g/mol. The summed E-state index contributed by atoms with van der Waals surface area (Å²) in [5.74, 6) is -0.882. The number of hydrogen-bond donors (Lipinski definition) is 2. The Kier molecular flexibility index (Phi) is 7.40. The summed E-state index contributed by atoms with van der Waals surface area (Å²) >= 11 is 0. The summed E-state index contributed by atoms with van der Waals surface area (Å²) in [6, 6.07) is 7.42. The first kappa shape index (κ1) is 19.4. The predicted octanol–water partition coefficient (Wildman–Crippen LogP) is 1.32. The number of carbonyl (C=O) groups is 2. The molecule has 25 heavy (non-hydrogen) atoms. The number of para-hydroxylation sites is 1. The van der Waals surface area contributed by atoms with E-state index in [0.29, 0.717) is 18.2 Å². The van der Waals surface area contributed by atoms with Crippen molar-refractivity contribution in [3.05, 3.63) is 29.8 Å². The number of nitrogens with one attached hydrogen (secondary N) is 2. The fourth-order valence-electron chi connectivity index (χ4n) is 3.03. The van der Waals surface area contributed by atoms with Crippen LogP contribution in [0.5, 0.6) is 0 Å². The highest BCUT2D eigenvalue weighted by atomic mass is 16.2. The molecule has 0 spiro atoms. The number of benzene rings is 1. The van der Waals surface area contributed by atoms with Crippen LogP contribution in [-0.4, -0.2) is 67.4 Å². The van der Waals surface area contributed by atoms with Gasteiger partial charge in [0.2, 0.25) is 0 Å². The Balaban J connectivity index is 1.70. The molecule has 1 saturated heterocycles. The smallest absolute Gasteiger partial charge is 0.313 e. The van der Waals surface area contributed by atoms with Gasteiger partial charge in [-0.3, -0.25) is 9.59 Å². The SMILES string of the molecule is CCN1CCN(C[C@H](C)CNC(=O)C(=O)Nc2ccccc2C)CC1. The largest absolute Gasteiger partial charge is 0.348 e. The van der Waals surface area contributed by atoms with Crippen LogP contribution >= 0.6 is 0 Å². The fourth-order valence-corrected chi connectivity index (χ4v) is 3.03. The molecule has 6 heteroatoms. The Morgan fingerprint density at radius 1 is 1.08 bits per heavy atom. The van der Waals surface area contributed by atoms with E-state index in [0.717, 1.165) is 44.8 Å². The van der Waals surface area contributed by atoms with E-state index in [1.54, 1.807) is 6.07 Å². The van der Waals surface area contributed by atoms with Crippen LogP contribution < -0.4 is 10.6 Å². The zero-order valence-corrected chi connectivity index (χ0v) is 15.5. The van der Waals surface area contributed by atoms with Gasteiger partial charge in [0, 0.05) is 45.0 Å². The van der Waals surface area contributed by atoms with E-state index in [1.807, 2.05) is 25.1 Å². The second-order valence-electron chi connectivity index (χ2n) is 6.82. The Morgan fingerprint density at radius 3 is 2.36 bits per heavy atom. The van der Waals surface area contributed by atoms with Crippen LogP contribution in [-0.2, 0) is 9.59 Å². The van der Waals surface area contributed by atoms with Crippen molar-refractivity contribution in [3.63, 3.8) is 0 Å². The molecule has 0 aromatic heterocycles. The first-order chi connectivity index (χ1) is 12.0. The van der Waals surface area contributed by atoms with Crippen LogP contribution in [0.15, 0.2) is 24.3 Å². The number of hydrogen-bond acceptors (Lipinski definition) is 4. The quantitative estimate of drug-likeness (QED) is 0.763. The van der Waals surface area contributed by atoms with Gasteiger partial charge in [0.1, 0.15) is 0 Å². The molecule has 1 aromatic carbocycles. The highest BCUT2D eigenvalue weighted by Crippen LogP contribution is 2.12. The second-order valence-corrected chi connectivity index (χ2v) is 6.82. The van der Waals surface area contributed by atoms with Gasteiger partial charge in [0.25, 0.3) is 0 Å². The highest BCUT2D eigenvalue weighted by Gasteiger charge is 2.19. The average Bonchev–Trinajstić information content (AvgIpc) is 2.62. The normalized spacial score (nSPS) is 17.1. The molecule has 2 N–H and O–H groups in total. The molecule has 1 atom stereocenters. The first-order valence-electron chi connectivity index (χ1n) is 9.09. The van der Waals surface area contributed by atoms with Gasteiger partial charge in [-0.2, -0.15) is 0 Å². The molecule has 1 fully saturated rings. The topological polar surface area (TPSA) is 64.7 Å². The molecule has 0 aliphatic carbocycles. The third kappa shape index (κ3) is 6.14. The maximum atomic E-state index is 12.0. The second kappa shape index (κ2) is 9.53. The molecule has 0 unspecified atom stereocenters. The van der Waals surface area contributed by atoms with Crippen molar-refractivity contribution < 1.29 is 9.59 Å². The Morgan fingerprint density at radius 2 is 1.72 bits per heavy atom. The van der Waals surface area contributed by atoms with E-state index in [1.165, 1.54) is 0 Å². The molecule has 1 aliphatic heterocycles. The fraction of sp³-hybridized carbons (Fsp3) is 0.579. The molecule has 0 radical (unpaired) electrons. The van der Waals surface area contributed by atoms with Crippen LogP contribution in [0, 0.1) is 12.8 Å². The number of rotatable bonds is 6. The molecule has 1 aromatic rings. The molecule has 2 rings (SSSR count). The number of carbonyl (C=O) groups excluding carboxylic acids is 2. The van der Waals surface area contributed by atoms with Crippen molar-refractivity contribution in [1.29, 1.82) is 0 Å². The summed E-state index contributed by atoms with van der Waals surface area (Å²) in [7, 11) is 0. The average molecular weight is 346 g/mol. The molecule has 0 bridgehead atoms. The van der Waals surface area contributed by atoms with Gasteiger partial charge in [-0.15, -0.1) is 0 Å². The van der Waals surface area contributed by atoms with Crippen molar-refractivity contribution in [1.82, 2.24) is 15.1 Å². The molecule has 0 saturated carbocycles. The molecule has 6 nitrogen and oxygen atoms in total. The third-order valence-corrected chi connectivity index (χ3v) is 4.69. The van der Waals surface area contributed by atoms with Crippen LogP contribution in [0.1, 0.15) is 19.4 Å². The first-order valence-corrected chi connectivity index (χ1v) is 9.09. The minimum Gasteiger partial charge on any atom is -0.348 e. The molecule has 138 valence electrons. The number of anilines is 1. The van der Waals surface area contributed by atoms with Crippen molar-refractivity contribution >= 4 is 17.5 Å². The van der Waals surface area contributed by atoms with Crippen molar-refractivity contribution in [2.75, 3.05) is 51.1 Å². The van der Waals surface area contributed by atoms with E-state index >= 15 is 0 Å². The van der Waals surface area contributed by atoms with E-state index < -0.39 is 11.8 Å². The van der Waals surface area contributed by atoms with Gasteiger partial charge in [0.15, 0.2) is 0 Å². The lowest BCUT2D eigenvalue weighted by molar-refractivity contribution is -0.136. The summed E-state index contributed by atoms with van der Waals surface area (Å²) in [5, 5.41) is 5.40. The minimum atomic E-state index is -0.613. The summed E-state index contributed by atoms with van der Waals surface area (Å²) in [6.07, 6.45) is 0. The predicted molar refractivity (Wildman–Crippen MR) is 101 cm³/mol. The van der Waals surface area contributed by atoms with Gasteiger partial charge in [-0.1, -0.05) is 32.0 Å². The number of nitrogens with zero attached hydrogens (tertiary/aromatic N) is 2. The monoisotopic (exact) mass is 346 g/mol. The van der Waals surface area contributed by atoms with Crippen LogP contribution in [0.25, 0.3) is 0 Å². The van der Waals surface area contributed by atoms with Gasteiger partial charge in [0.05, 0.1) is 0 Å². The Labute approximate surface area is 150 Å². The summed E-state index contributed by atoms with van der Waals surface area (Å²) in [5.41, 5.74) is 1.60. The standard InChI is InChI=1S/C19H30N4O2/c1-4-22-9-11-23(12-10-22)14-15(2)13-20-18(24)19(25)21-17-8-6-5-7-16(17)3/h5-8,15H,4,9-14H2,1-3H3,(H,20,24)(H,21,25)/t15-/m1/s1. The van der Waals surface area contributed by atoms with Crippen molar-refractivity contribution in [3.8, 4) is 0 Å². The van der Waals surface area contributed by atoms with Gasteiger partial charge in [-0.05, 0) is 31.0 Å². The van der Waals surface area contributed by atoms with Crippen molar-refractivity contribution in [2.45, 2.75) is 20.8 Å². The van der Waals surface area contributed by atoms with E-state index in [4.69, 9.17) is 0 Å². The van der Waals surface area contributed by atoms with E-state index in [2.05, 4.69) is 34.3 Å². The minimum absolute atomic E-state index is 0.309. The van der Waals surface area contributed by atoms with Crippen LogP contribution in [0.2, 0.25) is 0 Å². The molecule has 1 heterocycles. The van der Waals surface area contributed by atoms with Gasteiger partial charge in [-0.25, -0.2) is 0 Å². The van der Waals surface area contributed by atoms with Gasteiger partial charge >= 0.3 is 11.8 Å². The lowest BCUT2D eigenvalue weighted by Gasteiger charge is -2.35. The summed E-state index contributed by atoms with van der Waals surface area (Å²) < 4.78 is 0. The zero-order chi connectivity index (χ0) is 18.2. The molecule has 2 amide bonds. The Hall–Kier alpha value is -1.92. The number of likely N-dealkylation sites (N-methyl/N-ethyl adjacent to an activating group) is 1. The number of aryl methyl sites for hydroxylation is 1. The lowest BCUT2D eigenvalue weighted by atomic mass is 10.1. The van der Waals surface area contributed by atoms with Crippen molar-refractivity contribution in [2.24, 2.45) is 5.92 Å². The van der Waals surface area contributed by atoms with Crippen LogP contribution in [0.4, 0.5) is 5.69 Å². The third-order valence-electron chi connectivity index (χ3n) is 4.69. The van der Waals surface area contributed by atoms with Gasteiger partial charge < -0.3 is 20.4 Å². The van der Waals surface area contributed by atoms with E-state index in [-0.39, 0.29) is 0 Å². The van der Waals surface area contributed by atoms with E-state index in [9.17, 15) is 9.59 Å². The summed E-state index contributed by atoms with van der Waals surface area (Å²) in [6.45, 7) is 13.1. The Bertz CT molecular complexity index is 583. The lowest BCUT2D eigenvalue weighted by Crippen LogP contribution is -2.48. The zero-order valence-electron chi connectivity index (χ0n) is 15.5. The highest BCUT2D eigenvalue weighted by molar-refractivity contribution is 6.39. The maximum Gasteiger partial charge on any atom is 0.313 e. The molecular formula is C19H30N4O2. The number of amides is 2. The number of piperazine rings is 1. The maximum absolute atomic E-state index is 12.0.